The van der Waals surface area contributed by atoms with Crippen LogP contribution in [0.5, 0.6) is 5.75 Å². The number of rotatable bonds is 5. The van der Waals surface area contributed by atoms with Crippen LogP contribution in [-0.2, 0) is 12.1 Å². The highest BCUT2D eigenvalue weighted by molar-refractivity contribution is 5.58. The molecular weight excluding hydrogens is 360 g/mol. The molecule has 0 atom stereocenters. The van der Waals surface area contributed by atoms with E-state index in [0.717, 1.165) is 43.8 Å². The zero-order valence-electron chi connectivity index (χ0n) is 18.1. The molecule has 0 aliphatic carbocycles. The molecule has 2 fully saturated rings. The topological polar surface area (TPSA) is 35.9 Å². The van der Waals surface area contributed by atoms with Gasteiger partial charge < -0.3 is 14.7 Å². The van der Waals surface area contributed by atoms with Gasteiger partial charge in [0.15, 0.2) is 0 Å². The average molecular weight is 395 g/mol. The van der Waals surface area contributed by atoms with E-state index >= 15 is 0 Å². The molecule has 4 rings (SSSR count). The SMILES string of the molecule is COc1ccccc1C1(O)CCN(Cc2ccc(N3CCCC3)c(C)c2C)CC1. The summed E-state index contributed by atoms with van der Waals surface area (Å²) in [6, 6.07) is 12.5. The third kappa shape index (κ3) is 4.01. The number of methoxy groups -OCH3 is 1. The van der Waals surface area contributed by atoms with Crippen molar-refractivity contribution in [2.45, 2.75) is 51.7 Å². The summed E-state index contributed by atoms with van der Waals surface area (Å²) in [5, 5.41) is 11.3. The van der Waals surface area contributed by atoms with Crippen LogP contribution in [0.2, 0.25) is 0 Å². The number of hydrogen-bond donors (Lipinski definition) is 1. The number of benzene rings is 2. The molecule has 0 saturated carbocycles. The van der Waals surface area contributed by atoms with Crippen molar-refractivity contribution < 1.29 is 9.84 Å². The molecule has 0 amide bonds. The van der Waals surface area contributed by atoms with Crippen LogP contribution >= 0.6 is 0 Å². The summed E-state index contributed by atoms with van der Waals surface area (Å²) in [5.74, 6) is 0.785. The maximum atomic E-state index is 11.3. The second-order valence-electron chi connectivity index (χ2n) is 8.70. The summed E-state index contributed by atoms with van der Waals surface area (Å²) in [6.45, 7) is 9.64. The third-order valence-corrected chi connectivity index (χ3v) is 7.00. The lowest BCUT2D eigenvalue weighted by molar-refractivity contribution is -0.0292. The monoisotopic (exact) mass is 394 g/mol. The van der Waals surface area contributed by atoms with Crippen molar-refractivity contribution >= 4 is 5.69 Å². The minimum absolute atomic E-state index is 0.733. The largest absolute Gasteiger partial charge is 0.496 e. The average Bonchev–Trinajstić information content (AvgIpc) is 3.28. The Bertz CT molecular complexity index is 850. The summed E-state index contributed by atoms with van der Waals surface area (Å²) in [6.07, 6.45) is 4.08. The molecule has 2 aliphatic rings. The number of para-hydroxylation sites is 1. The number of nitrogens with zero attached hydrogens (tertiary/aromatic N) is 2. The summed E-state index contributed by atoms with van der Waals surface area (Å²) in [4.78, 5) is 5.00. The molecule has 0 bridgehead atoms. The molecule has 0 unspecified atom stereocenters. The maximum Gasteiger partial charge on any atom is 0.124 e. The zero-order chi connectivity index (χ0) is 20.4. The van der Waals surface area contributed by atoms with Crippen molar-refractivity contribution in [3.63, 3.8) is 0 Å². The van der Waals surface area contributed by atoms with E-state index in [9.17, 15) is 5.11 Å². The number of aliphatic hydroxyl groups is 1. The predicted octanol–water partition coefficient (Wildman–Crippen LogP) is 4.40. The molecular formula is C25H34N2O2. The van der Waals surface area contributed by atoms with E-state index in [1.54, 1.807) is 7.11 Å². The Morgan fingerprint density at radius 3 is 2.31 bits per heavy atom. The second kappa shape index (κ2) is 8.37. The van der Waals surface area contributed by atoms with E-state index in [2.05, 4.69) is 35.8 Å². The maximum absolute atomic E-state index is 11.3. The highest BCUT2D eigenvalue weighted by Gasteiger charge is 2.36. The fourth-order valence-electron chi connectivity index (χ4n) is 4.95. The molecule has 0 radical (unpaired) electrons. The Kier molecular flexibility index (Phi) is 5.84. The first-order valence-electron chi connectivity index (χ1n) is 10.9. The molecule has 2 aromatic carbocycles. The first kappa shape index (κ1) is 20.2. The van der Waals surface area contributed by atoms with Crippen molar-refractivity contribution in [1.82, 2.24) is 4.90 Å². The lowest BCUT2D eigenvalue weighted by atomic mass is 9.83. The van der Waals surface area contributed by atoms with Gasteiger partial charge in [-0.05, 0) is 68.4 Å². The van der Waals surface area contributed by atoms with Crippen LogP contribution in [0.3, 0.4) is 0 Å². The number of ether oxygens (including phenoxy) is 1. The Balaban J connectivity index is 1.44. The Labute approximate surface area is 175 Å². The fraction of sp³-hybridized carbons (Fsp3) is 0.520. The molecule has 2 heterocycles. The third-order valence-electron chi connectivity index (χ3n) is 7.00. The van der Waals surface area contributed by atoms with Gasteiger partial charge in [-0.1, -0.05) is 24.3 Å². The van der Waals surface area contributed by atoms with Gasteiger partial charge in [0.2, 0.25) is 0 Å². The van der Waals surface area contributed by atoms with Crippen LogP contribution in [-0.4, -0.2) is 43.3 Å². The van der Waals surface area contributed by atoms with E-state index in [4.69, 9.17) is 4.74 Å². The molecule has 0 spiro atoms. The Hall–Kier alpha value is -2.04. The molecule has 29 heavy (non-hydrogen) atoms. The molecule has 156 valence electrons. The molecule has 4 heteroatoms. The predicted molar refractivity (Wildman–Crippen MR) is 119 cm³/mol. The normalized spacial score (nSPS) is 19.5. The van der Waals surface area contributed by atoms with Crippen LogP contribution in [0.25, 0.3) is 0 Å². The van der Waals surface area contributed by atoms with Crippen LogP contribution in [0.1, 0.15) is 47.9 Å². The van der Waals surface area contributed by atoms with Crippen molar-refractivity contribution in [2.75, 3.05) is 38.2 Å². The first-order valence-corrected chi connectivity index (χ1v) is 10.9. The van der Waals surface area contributed by atoms with Gasteiger partial charge >= 0.3 is 0 Å². The molecule has 0 aromatic heterocycles. The van der Waals surface area contributed by atoms with Gasteiger partial charge in [0, 0.05) is 44.0 Å². The van der Waals surface area contributed by atoms with E-state index in [-0.39, 0.29) is 0 Å². The lowest BCUT2D eigenvalue weighted by Crippen LogP contribution is -2.42. The smallest absolute Gasteiger partial charge is 0.124 e. The molecule has 4 nitrogen and oxygen atoms in total. The van der Waals surface area contributed by atoms with Gasteiger partial charge in [-0.3, -0.25) is 4.90 Å². The van der Waals surface area contributed by atoms with E-state index in [1.165, 1.54) is 48.3 Å². The Morgan fingerprint density at radius 1 is 0.931 bits per heavy atom. The van der Waals surface area contributed by atoms with Crippen molar-refractivity contribution in [3.8, 4) is 5.75 Å². The quantitative estimate of drug-likeness (QED) is 0.816. The number of piperidine rings is 1. The van der Waals surface area contributed by atoms with Crippen LogP contribution in [0, 0.1) is 13.8 Å². The number of likely N-dealkylation sites (tertiary alicyclic amines) is 1. The van der Waals surface area contributed by atoms with E-state index in [0.29, 0.717) is 0 Å². The Morgan fingerprint density at radius 2 is 1.62 bits per heavy atom. The van der Waals surface area contributed by atoms with Crippen LogP contribution < -0.4 is 9.64 Å². The zero-order valence-corrected chi connectivity index (χ0v) is 18.1. The summed E-state index contributed by atoms with van der Waals surface area (Å²) in [7, 11) is 1.67. The van der Waals surface area contributed by atoms with Gasteiger partial charge in [0.25, 0.3) is 0 Å². The summed E-state index contributed by atoms with van der Waals surface area (Å²) < 4.78 is 5.49. The van der Waals surface area contributed by atoms with Gasteiger partial charge in [-0.25, -0.2) is 0 Å². The van der Waals surface area contributed by atoms with Gasteiger partial charge in [-0.2, -0.15) is 0 Å². The minimum atomic E-state index is -0.798. The fourth-order valence-corrected chi connectivity index (χ4v) is 4.95. The van der Waals surface area contributed by atoms with E-state index in [1.807, 2.05) is 24.3 Å². The number of hydrogen-bond acceptors (Lipinski definition) is 4. The second-order valence-corrected chi connectivity index (χ2v) is 8.70. The van der Waals surface area contributed by atoms with Gasteiger partial charge in [-0.15, -0.1) is 0 Å². The first-order chi connectivity index (χ1) is 14.0. The molecule has 1 N–H and O–H groups in total. The molecule has 2 aromatic rings. The van der Waals surface area contributed by atoms with Gasteiger partial charge in [0.1, 0.15) is 5.75 Å². The van der Waals surface area contributed by atoms with Crippen LogP contribution in [0.4, 0.5) is 5.69 Å². The van der Waals surface area contributed by atoms with E-state index < -0.39 is 5.60 Å². The summed E-state index contributed by atoms with van der Waals surface area (Å²) in [5.41, 5.74) is 5.78. The molecule has 2 aliphatic heterocycles. The number of anilines is 1. The summed E-state index contributed by atoms with van der Waals surface area (Å²) >= 11 is 0. The standard InChI is InChI=1S/C25H34N2O2/c1-19-20(2)23(27-14-6-7-15-27)11-10-21(19)18-26-16-12-25(28,13-17-26)22-8-4-5-9-24(22)29-3/h4-5,8-11,28H,6-7,12-18H2,1-3H3. The van der Waals surface area contributed by atoms with Crippen molar-refractivity contribution in [2.24, 2.45) is 0 Å². The van der Waals surface area contributed by atoms with Crippen LogP contribution in [0.15, 0.2) is 36.4 Å². The van der Waals surface area contributed by atoms with Crippen molar-refractivity contribution in [1.29, 1.82) is 0 Å². The highest BCUT2D eigenvalue weighted by atomic mass is 16.5. The van der Waals surface area contributed by atoms with Gasteiger partial charge in [0.05, 0.1) is 12.7 Å². The highest BCUT2D eigenvalue weighted by Crippen LogP contribution is 2.38. The molecule has 2 saturated heterocycles. The minimum Gasteiger partial charge on any atom is -0.496 e. The lowest BCUT2D eigenvalue weighted by Gasteiger charge is -2.39. The van der Waals surface area contributed by atoms with Crippen molar-refractivity contribution in [3.05, 3.63) is 58.7 Å².